The summed E-state index contributed by atoms with van der Waals surface area (Å²) in [5, 5.41) is 17.6. The number of tetrazole rings is 1. The smallest absolute Gasteiger partial charge is 0.226 e. The van der Waals surface area contributed by atoms with Gasteiger partial charge < -0.3 is 4.84 Å². The molecule has 0 radical (unpaired) electrons. The van der Waals surface area contributed by atoms with Gasteiger partial charge in [-0.25, -0.2) is 0 Å². The number of oxime groups is 1. The van der Waals surface area contributed by atoms with Crippen LogP contribution in [0.3, 0.4) is 0 Å². The number of benzene rings is 1. The zero-order chi connectivity index (χ0) is 11.4. The summed E-state index contributed by atoms with van der Waals surface area (Å²) < 4.78 is 0. The standard InChI is InChI=1S/C10H11N5O/c1-7-5-3-4-6-8(7)9(13-16-2)10-11-14-15-12-10/h3-6H,1-2H3,(H,11,12,14,15)/b13-9-. The van der Waals surface area contributed by atoms with Crippen LogP contribution in [0.1, 0.15) is 17.0 Å². The molecule has 6 heteroatoms. The van der Waals surface area contributed by atoms with Crippen molar-refractivity contribution in [3.05, 3.63) is 41.2 Å². The van der Waals surface area contributed by atoms with Crippen LogP contribution in [-0.4, -0.2) is 33.4 Å². The Bertz CT molecular complexity index is 492. The van der Waals surface area contributed by atoms with E-state index < -0.39 is 0 Å². The van der Waals surface area contributed by atoms with Crippen molar-refractivity contribution < 1.29 is 4.84 Å². The van der Waals surface area contributed by atoms with Crippen LogP contribution < -0.4 is 0 Å². The Morgan fingerprint density at radius 3 is 2.81 bits per heavy atom. The molecule has 0 aliphatic carbocycles. The normalized spacial score (nSPS) is 11.5. The maximum Gasteiger partial charge on any atom is 0.226 e. The Kier molecular flexibility index (Phi) is 2.90. The molecular weight excluding hydrogens is 206 g/mol. The third kappa shape index (κ3) is 1.90. The highest BCUT2D eigenvalue weighted by Crippen LogP contribution is 2.11. The molecule has 0 spiro atoms. The molecule has 0 saturated heterocycles. The zero-order valence-corrected chi connectivity index (χ0v) is 9.01. The van der Waals surface area contributed by atoms with Gasteiger partial charge in [-0.05, 0) is 17.7 Å². The lowest BCUT2D eigenvalue weighted by molar-refractivity contribution is 0.213. The molecule has 2 aromatic rings. The number of hydrogen-bond acceptors (Lipinski definition) is 5. The lowest BCUT2D eigenvalue weighted by atomic mass is 10.0. The third-order valence-corrected chi connectivity index (χ3v) is 2.14. The highest BCUT2D eigenvalue weighted by molar-refractivity contribution is 6.10. The molecule has 6 nitrogen and oxygen atoms in total. The SMILES string of the molecule is CO/N=C(\c1nn[nH]n1)c1ccccc1C. The van der Waals surface area contributed by atoms with Crippen LogP contribution in [0.4, 0.5) is 0 Å². The Labute approximate surface area is 92.3 Å². The van der Waals surface area contributed by atoms with E-state index in [1.807, 2.05) is 31.2 Å². The molecule has 0 aliphatic rings. The van der Waals surface area contributed by atoms with Crippen LogP contribution in [0.25, 0.3) is 0 Å². The summed E-state index contributed by atoms with van der Waals surface area (Å²) >= 11 is 0. The van der Waals surface area contributed by atoms with E-state index >= 15 is 0 Å². The summed E-state index contributed by atoms with van der Waals surface area (Å²) in [7, 11) is 1.48. The molecule has 82 valence electrons. The largest absolute Gasteiger partial charge is 0.399 e. The molecule has 0 aliphatic heterocycles. The topological polar surface area (TPSA) is 76.1 Å². The minimum atomic E-state index is 0.413. The van der Waals surface area contributed by atoms with Crippen LogP contribution in [0.15, 0.2) is 29.4 Å². The number of aromatic nitrogens is 4. The van der Waals surface area contributed by atoms with Crippen molar-refractivity contribution in [2.75, 3.05) is 7.11 Å². The third-order valence-electron chi connectivity index (χ3n) is 2.14. The average Bonchev–Trinajstić information content (AvgIpc) is 2.80. The fourth-order valence-corrected chi connectivity index (χ4v) is 1.40. The first-order valence-corrected chi connectivity index (χ1v) is 4.74. The number of rotatable bonds is 3. The predicted molar refractivity (Wildman–Crippen MR) is 58.0 cm³/mol. The summed E-state index contributed by atoms with van der Waals surface area (Å²) in [6, 6.07) is 7.80. The monoisotopic (exact) mass is 217 g/mol. The van der Waals surface area contributed by atoms with Gasteiger partial charge in [-0.2, -0.15) is 5.21 Å². The van der Waals surface area contributed by atoms with Gasteiger partial charge in [0, 0.05) is 5.56 Å². The van der Waals surface area contributed by atoms with Crippen molar-refractivity contribution in [2.45, 2.75) is 6.92 Å². The Morgan fingerprint density at radius 2 is 2.19 bits per heavy atom. The van der Waals surface area contributed by atoms with Crippen LogP contribution in [0.5, 0.6) is 0 Å². The summed E-state index contributed by atoms with van der Waals surface area (Å²) in [6.07, 6.45) is 0. The maximum absolute atomic E-state index is 4.80. The zero-order valence-electron chi connectivity index (χ0n) is 9.01. The summed E-state index contributed by atoms with van der Waals surface area (Å²) in [5.74, 6) is 0.413. The van der Waals surface area contributed by atoms with Crippen LogP contribution in [-0.2, 0) is 4.84 Å². The van der Waals surface area contributed by atoms with Gasteiger partial charge in [0.1, 0.15) is 7.11 Å². The fraction of sp³-hybridized carbons (Fsp3) is 0.200. The van der Waals surface area contributed by atoms with Crippen molar-refractivity contribution >= 4 is 5.71 Å². The molecule has 1 heterocycles. The number of nitrogens with one attached hydrogen (secondary N) is 1. The van der Waals surface area contributed by atoms with E-state index in [-0.39, 0.29) is 0 Å². The number of hydrogen-bond donors (Lipinski definition) is 1. The van der Waals surface area contributed by atoms with Crippen molar-refractivity contribution in [2.24, 2.45) is 5.16 Å². The molecule has 0 saturated carbocycles. The van der Waals surface area contributed by atoms with Crippen molar-refractivity contribution in [3.63, 3.8) is 0 Å². The van der Waals surface area contributed by atoms with Crippen LogP contribution in [0.2, 0.25) is 0 Å². The Balaban J connectivity index is 2.50. The average molecular weight is 217 g/mol. The van der Waals surface area contributed by atoms with E-state index in [1.165, 1.54) is 7.11 Å². The van der Waals surface area contributed by atoms with E-state index in [0.717, 1.165) is 11.1 Å². The van der Waals surface area contributed by atoms with Crippen molar-refractivity contribution in [1.82, 2.24) is 20.6 Å². The predicted octanol–water partition coefficient (Wildman–Crippen LogP) is 0.907. The molecule has 1 aromatic carbocycles. The van der Waals surface area contributed by atoms with Gasteiger partial charge in [-0.3, -0.25) is 0 Å². The molecule has 16 heavy (non-hydrogen) atoms. The van der Waals surface area contributed by atoms with E-state index in [4.69, 9.17) is 4.84 Å². The van der Waals surface area contributed by atoms with Crippen molar-refractivity contribution in [3.8, 4) is 0 Å². The number of nitrogens with zero attached hydrogens (tertiary/aromatic N) is 4. The molecule has 0 unspecified atom stereocenters. The van der Waals surface area contributed by atoms with Gasteiger partial charge in [0.15, 0.2) is 5.71 Å². The highest BCUT2D eigenvalue weighted by atomic mass is 16.6. The van der Waals surface area contributed by atoms with Crippen LogP contribution >= 0.6 is 0 Å². The summed E-state index contributed by atoms with van der Waals surface area (Å²) in [5.41, 5.74) is 2.56. The molecule has 0 fully saturated rings. The molecular formula is C10H11N5O. The minimum Gasteiger partial charge on any atom is -0.399 e. The lowest BCUT2D eigenvalue weighted by Crippen LogP contribution is -2.08. The van der Waals surface area contributed by atoms with Gasteiger partial charge in [0.25, 0.3) is 0 Å². The van der Waals surface area contributed by atoms with Gasteiger partial charge in [0.05, 0.1) is 0 Å². The highest BCUT2D eigenvalue weighted by Gasteiger charge is 2.14. The number of aromatic amines is 1. The van der Waals surface area contributed by atoms with E-state index in [0.29, 0.717) is 11.5 Å². The Morgan fingerprint density at radius 1 is 1.38 bits per heavy atom. The molecule has 0 atom stereocenters. The van der Waals surface area contributed by atoms with Crippen molar-refractivity contribution in [1.29, 1.82) is 0 Å². The second kappa shape index (κ2) is 4.52. The second-order valence-electron chi connectivity index (χ2n) is 3.17. The quantitative estimate of drug-likeness (QED) is 0.612. The molecule has 1 N–H and O–H groups in total. The first-order chi connectivity index (χ1) is 7.83. The molecule has 0 amide bonds. The second-order valence-corrected chi connectivity index (χ2v) is 3.17. The molecule has 0 bridgehead atoms. The number of H-pyrrole nitrogens is 1. The van der Waals surface area contributed by atoms with Gasteiger partial charge in [0.2, 0.25) is 5.82 Å². The maximum atomic E-state index is 4.80. The Hall–Kier alpha value is -2.24. The van der Waals surface area contributed by atoms with Gasteiger partial charge in [-0.15, -0.1) is 10.2 Å². The van der Waals surface area contributed by atoms with E-state index in [2.05, 4.69) is 25.8 Å². The van der Waals surface area contributed by atoms with Crippen LogP contribution in [0, 0.1) is 6.92 Å². The molecule has 2 rings (SSSR count). The summed E-state index contributed by atoms with van der Waals surface area (Å²) in [4.78, 5) is 4.80. The van der Waals surface area contributed by atoms with E-state index in [9.17, 15) is 0 Å². The fourth-order valence-electron chi connectivity index (χ4n) is 1.40. The number of aryl methyl sites for hydroxylation is 1. The molecule has 1 aromatic heterocycles. The minimum absolute atomic E-state index is 0.413. The first-order valence-electron chi connectivity index (χ1n) is 4.74. The van der Waals surface area contributed by atoms with Gasteiger partial charge >= 0.3 is 0 Å². The van der Waals surface area contributed by atoms with E-state index in [1.54, 1.807) is 0 Å². The summed E-state index contributed by atoms with van der Waals surface area (Å²) in [6.45, 7) is 1.99. The first kappa shape index (κ1) is 10.3. The van der Waals surface area contributed by atoms with Gasteiger partial charge in [-0.1, -0.05) is 29.4 Å². The lowest BCUT2D eigenvalue weighted by Gasteiger charge is -2.04.